The average molecular weight is 258 g/mol. The first-order valence-corrected chi connectivity index (χ1v) is 7.11. The topological polar surface area (TPSA) is 69.3 Å². The van der Waals surface area contributed by atoms with Crippen LogP contribution < -0.4 is 0 Å². The quantitative estimate of drug-likeness (QED) is 0.833. The molecule has 0 saturated carbocycles. The predicted molar refractivity (Wildman–Crippen MR) is 64.1 cm³/mol. The van der Waals surface area contributed by atoms with Gasteiger partial charge in [0.25, 0.3) is 0 Å². The number of likely N-dealkylation sites (N-methyl/N-ethyl adjacent to an activating group) is 1. The summed E-state index contributed by atoms with van der Waals surface area (Å²) in [5.74, 6) is 0. The molecule has 1 unspecified atom stereocenters. The van der Waals surface area contributed by atoms with Crippen LogP contribution in [0.4, 0.5) is 0 Å². The first-order valence-electron chi connectivity index (χ1n) is 5.67. The van der Waals surface area contributed by atoms with Crippen molar-refractivity contribution in [2.45, 2.75) is 23.8 Å². The van der Waals surface area contributed by atoms with Crippen molar-refractivity contribution in [1.29, 1.82) is 0 Å². The first kappa shape index (κ1) is 12.5. The van der Waals surface area contributed by atoms with Gasteiger partial charge in [0, 0.05) is 25.3 Å². The Bertz CT molecular complexity index is 455. The Morgan fingerprint density at radius 1 is 1.59 bits per heavy atom. The molecular formula is C10H18N4O2S. The number of H-pyrrole nitrogens is 1. The van der Waals surface area contributed by atoms with E-state index in [2.05, 4.69) is 10.2 Å². The van der Waals surface area contributed by atoms with E-state index in [4.69, 9.17) is 0 Å². The molecule has 6 nitrogen and oxygen atoms in total. The highest BCUT2D eigenvalue weighted by atomic mass is 32.2. The number of nitrogens with zero attached hydrogens (tertiary/aromatic N) is 3. The molecule has 7 heteroatoms. The van der Waals surface area contributed by atoms with Crippen LogP contribution in [0.5, 0.6) is 0 Å². The molecule has 1 saturated heterocycles. The minimum atomic E-state index is -3.38. The molecule has 0 radical (unpaired) electrons. The van der Waals surface area contributed by atoms with Crippen molar-refractivity contribution < 1.29 is 8.42 Å². The van der Waals surface area contributed by atoms with E-state index in [0.717, 1.165) is 19.4 Å². The Kier molecular flexibility index (Phi) is 3.50. The van der Waals surface area contributed by atoms with Gasteiger partial charge >= 0.3 is 0 Å². The van der Waals surface area contributed by atoms with Gasteiger partial charge in [0.15, 0.2) is 0 Å². The number of aromatic amines is 1. The van der Waals surface area contributed by atoms with Gasteiger partial charge in [-0.3, -0.25) is 5.10 Å². The van der Waals surface area contributed by atoms with E-state index in [0.29, 0.717) is 6.54 Å². The summed E-state index contributed by atoms with van der Waals surface area (Å²) in [5.41, 5.74) is 0. The molecule has 17 heavy (non-hydrogen) atoms. The van der Waals surface area contributed by atoms with Gasteiger partial charge in [0.05, 0.1) is 6.20 Å². The second-order valence-corrected chi connectivity index (χ2v) is 6.50. The molecule has 1 aromatic heterocycles. The van der Waals surface area contributed by atoms with E-state index >= 15 is 0 Å². The molecule has 1 aliphatic rings. The number of hydrogen-bond acceptors (Lipinski definition) is 4. The SMILES string of the molecule is CN(C)CC1CCCN1S(=O)(=O)c1cn[nH]c1. The predicted octanol–water partition coefficient (Wildman–Crippen LogP) is 0.124. The summed E-state index contributed by atoms with van der Waals surface area (Å²) in [5, 5.41) is 6.25. The first-order chi connectivity index (χ1) is 8.01. The van der Waals surface area contributed by atoms with E-state index in [-0.39, 0.29) is 10.9 Å². The van der Waals surface area contributed by atoms with Crippen molar-refractivity contribution in [3.8, 4) is 0 Å². The smallest absolute Gasteiger partial charge is 0.246 e. The zero-order chi connectivity index (χ0) is 12.5. The van der Waals surface area contributed by atoms with E-state index in [9.17, 15) is 8.42 Å². The third-order valence-corrected chi connectivity index (χ3v) is 4.90. The summed E-state index contributed by atoms with van der Waals surface area (Å²) in [7, 11) is 0.541. The summed E-state index contributed by atoms with van der Waals surface area (Å²) in [6.07, 6.45) is 4.64. The second-order valence-electron chi connectivity index (χ2n) is 4.61. The van der Waals surface area contributed by atoms with Crippen LogP contribution in [0, 0.1) is 0 Å². The zero-order valence-electron chi connectivity index (χ0n) is 10.1. The van der Waals surface area contributed by atoms with Crippen molar-refractivity contribution in [1.82, 2.24) is 19.4 Å². The third-order valence-electron chi connectivity index (χ3n) is 2.98. The Morgan fingerprint density at radius 2 is 2.35 bits per heavy atom. The fraction of sp³-hybridized carbons (Fsp3) is 0.700. The molecule has 1 aromatic rings. The Hall–Kier alpha value is -0.920. The van der Waals surface area contributed by atoms with Gasteiger partial charge in [-0.15, -0.1) is 0 Å². The molecule has 0 spiro atoms. The lowest BCUT2D eigenvalue weighted by Crippen LogP contribution is -2.41. The fourth-order valence-corrected chi connectivity index (χ4v) is 3.84. The van der Waals surface area contributed by atoms with Crippen LogP contribution in [0.15, 0.2) is 17.3 Å². The molecule has 2 heterocycles. The van der Waals surface area contributed by atoms with Gasteiger partial charge < -0.3 is 4.90 Å². The molecule has 0 aliphatic carbocycles. The number of aromatic nitrogens is 2. The van der Waals surface area contributed by atoms with Crippen molar-refractivity contribution >= 4 is 10.0 Å². The number of rotatable bonds is 4. The standard InChI is InChI=1S/C10H18N4O2S/c1-13(2)8-9-4-3-5-14(9)17(15,16)10-6-11-12-7-10/h6-7,9H,3-5,8H2,1-2H3,(H,11,12). The number of hydrogen-bond donors (Lipinski definition) is 1. The summed E-state index contributed by atoms with van der Waals surface area (Å²) >= 11 is 0. The van der Waals surface area contributed by atoms with Crippen LogP contribution in [0.1, 0.15) is 12.8 Å². The summed E-state index contributed by atoms with van der Waals surface area (Å²) in [6.45, 7) is 1.36. The van der Waals surface area contributed by atoms with Gasteiger partial charge in [-0.2, -0.15) is 9.40 Å². The zero-order valence-corrected chi connectivity index (χ0v) is 10.9. The molecule has 2 rings (SSSR count). The molecule has 1 fully saturated rings. The van der Waals surface area contributed by atoms with Crippen LogP contribution in [0.2, 0.25) is 0 Å². The van der Waals surface area contributed by atoms with Crippen LogP contribution in [-0.4, -0.2) is 61.0 Å². The third kappa shape index (κ3) is 2.51. The van der Waals surface area contributed by atoms with Crippen molar-refractivity contribution in [3.63, 3.8) is 0 Å². The minimum absolute atomic E-state index is 0.0740. The monoisotopic (exact) mass is 258 g/mol. The maximum atomic E-state index is 12.3. The molecule has 0 aromatic carbocycles. The normalized spacial score (nSPS) is 22.4. The van der Waals surface area contributed by atoms with E-state index in [1.807, 2.05) is 19.0 Å². The highest BCUT2D eigenvalue weighted by Gasteiger charge is 2.35. The fourth-order valence-electron chi connectivity index (χ4n) is 2.25. The van der Waals surface area contributed by atoms with Gasteiger partial charge in [-0.05, 0) is 26.9 Å². The van der Waals surface area contributed by atoms with Crippen LogP contribution in [-0.2, 0) is 10.0 Å². The van der Waals surface area contributed by atoms with E-state index in [1.165, 1.54) is 12.4 Å². The molecule has 1 N–H and O–H groups in total. The molecule has 1 aliphatic heterocycles. The number of nitrogens with one attached hydrogen (secondary N) is 1. The summed E-state index contributed by atoms with van der Waals surface area (Å²) in [6, 6.07) is 0.0740. The van der Waals surface area contributed by atoms with Gasteiger partial charge in [-0.25, -0.2) is 8.42 Å². The Balaban J connectivity index is 2.21. The molecule has 1 atom stereocenters. The summed E-state index contributed by atoms with van der Waals surface area (Å²) in [4.78, 5) is 2.27. The highest BCUT2D eigenvalue weighted by molar-refractivity contribution is 7.89. The largest absolute Gasteiger partial charge is 0.308 e. The maximum Gasteiger partial charge on any atom is 0.246 e. The average Bonchev–Trinajstić information content (AvgIpc) is 2.85. The van der Waals surface area contributed by atoms with Gasteiger partial charge in [0.1, 0.15) is 4.90 Å². The van der Waals surface area contributed by atoms with Crippen LogP contribution >= 0.6 is 0 Å². The molecule has 96 valence electrons. The minimum Gasteiger partial charge on any atom is -0.308 e. The second kappa shape index (κ2) is 4.75. The Labute approximate surface area is 102 Å². The van der Waals surface area contributed by atoms with Crippen molar-refractivity contribution in [3.05, 3.63) is 12.4 Å². The lowest BCUT2D eigenvalue weighted by Gasteiger charge is -2.25. The lowest BCUT2D eigenvalue weighted by atomic mass is 10.2. The molecule has 0 amide bonds. The maximum absolute atomic E-state index is 12.3. The van der Waals surface area contributed by atoms with Crippen LogP contribution in [0.25, 0.3) is 0 Å². The van der Waals surface area contributed by atoms with Crippen LogP contribution in [0.3, 0.4) is 0 Å². The van der Waals surface area contributed by atoms with E-state index in [1.54, 1.807) is 4.31 Å². The van der Waals surface area contributed by atoms with Crippen molar-refractivity contribution in [2.75, 3.05) is 27.2 Å². The highest BCUT2D eigenvalue weighted by Crippen LogP contribution is 2.25. The molecule has 0 bridgehead atoms. The van der Waals surface area contributed by atoms with Gasteiger partial charge in [0.2, 0.25) is 10.0 Å². The van der Waals surface area contributed by atoms with E-state index < -0.39 is 10.0 Å². The van der Waals surface area contributed by atoms with Crippen molar-refractivity contribution in [2.24, 2.45) is 0 Å². The lowest BCUT2D eigenvalue weighted by molar-refractivity contribution is 0.291. The summed E-state index contributed by atoms with van der Waals surface area (Å²) < 4.78 is 26.3. The Morgan fingerprint density at radius 3 is 2.94 bits per heavy atom. The van der Waals surface area contributed by atoms with Gasteiger partial charge in [-0.1, -0.05) is 0 Å². The molecular weight excluding hydrogens is 240 g/mol. The number of sulfonamides is 1.